The first-order valence-electron chi connectivity index (χ1n) is 6.57. The minimum Gasteiger partial charge on any atom is -0.380 e. The highest BCUT2D eigenvalue weighted by molar-refractivity contribution is 9.10. The fraction of sp³-hybridized carbons (Fsp3) is 0.267. The van der Waals surface area contributed by atoms with E-state index in [1.165, 1.54) is 0 Å². The number of amides is 1. The molecule has 0 fully saturated rings. The molecule has 0 saturated heterocycles. The van der Waals surface area contributed by atoms with Gasteiger partial charge < -0.3 is 10.6 Å². The Morgan fingerprint density at radius 2 is 2.14 bits per heavy atom. The van der Waals surface area contributed by atoms with E-state index in [-0.39, 0.29) is 5.91 Å². The van der Waals surface area contributed by atoms with Crippen LogP contribution < -0.4 is 10.6 Å². The second kappa shape index (κ2) is 7.29. The summed E-state index contributed by atoms with van der Waals surface area (Å²) in [5, 5.41) is 6.16. The third kappa shape index (κ3) is 4.22. The monoisotopic (exact) mass is 386 g/mol. The predicted molar refractivity (Wildman–Crippen MR) is 93.5 cm³/mol. The number of carbonyl (C=O) groups excluding carboxylic acids is 1. The molecule has 0 spiro atoms. The molecule has 1 aromatic carbocycles. The number of thiophene rings is 1. The SMILES string of the molecule is CCNC(=O)c1ccc(NCc2cc(Br)c(Cl)s2)c(C)c1. The van der Waals surface area contributed by atoms with Gasteiger partial charge in [0.25, 0.3) is 5.91 Å². The lowest BCUT2D eigenvalue weighted by Gasteiger charge is -2.10. The molecule has 0 bridgehead atoms. The Kier molecular flexibility index (Phi) is 5.67. The number of rotatable bonds is 5. The number of anilines is 1. The van der Waals surface area contributed by atoms with Gasteiger partial charge in [-0.2, -0.15) is 0 Å². The lowest BCUT2D eigenvalue weighted by Crippen LogP contribution is -2.22. The average Bonchev–Trinajstić information content (AvgIpc) is 2.76. The summed E-state index contributed by atoms with van der Waals surface area (Å²) in [4.78, 5) is 12.9. The van der Waals surface area contributed by atoms with Crippen LogP contribution in [0.15, 0.2) is 28.7 Å². The first-order chi connectivity index (χ1) is 10.0. The number of carbonyl (C=O) groups is 1. The molecule has 1 aromatic heterocycles. The number of nitrogens with one attached hydrogen (secondary N) is 2. The van der Waals surface area contributed by atoms with Crippen molar-refractivity contribution in [1.82, 2.24) is 5.32 Å². The van der Waals surface area contributed by atoms with Crippen molar-refractivity contribution in [3.63, 3.8) is 0 Å². The smallest absolute Gasteiger partial charge is 0.251 e. The highest BCUT2D eigenvalue weighted by Crippen LogP contribution is 2.32. The van der Waals surface area contributed by atoms with Gasteiger partial charge in [0.1, 0.15) is 4.34 Å². The van der Waals surface area contributed by atoms with E-state index >= 15 is 0 Å². The predicted octanol–water partition coefficient (Wildman–Crippen LogP) is 4.83. The van der Waals surface area contributed by atoms with Crippen molar-refractivity contribution in [1.29, 1.82) is 0 Å². The molecule has 0 aliphatic heterocycles. The van der Waals surface area contributed by atoms with Crippen molar-refractivity contribution in [2.45, 2.75) is 20.4 Å². The van der Waals surface area contributed by atoms with Gasteiger partial charge in [0.15, 0.2) is 0 Å². The second-order valence-electron chi connectivity index (χ2n) is 4.58. The summed E-state index contributed by atoms with van der Waals surface area (Å²) in [6.07, 6.45) is 0. The largest absolute Gasteiger partial charge is 0.380 e. The molecule has 0 atom stereocenters. The molecule has 0 aliphatic rings. The Hall–Kier alpha value is -1.04. The van der Waals surface area contributed by atoms with Crippen LogP contribution in [0.5, 0.6) is 0 Å². The first-order valence-corrected chi connectivity index (χ1v) is 8.56. The van der Waals surface area contributed by atoms with E-state index in [2.05, 4.69) is 26.6 Å². The Labute approximate surface area is 141 Å². The van der Waals surface area contributed by atoms with Gasteiger partial charge >= 0.3 is 0 Å². The molecule has 1 heterocycles. The molecule has 0 unspecified atom stereocenters. The number of benzene rings is 1. The van der Waals surface area contributed by atoms with Crippen molar-refractivity contribution < 1.29 is 4.79 Å². The third-order valence-corrected chi connectivity index (χ3v) is 5.45. The van der Waals surface area contributed by atoms with Crippen molar-refractivity contribution in [3.05, 3.63) is 49.1 Å². The van der Waals surface area contributed by atoms with E-state index in [1.807, 2.05) is 38.1 Å². The summed E-state index contributed by atoms with van der Waals surface area (Å²) in [6, 6.07) is 7.67. The van der Waals surface area contributed by atoms with Gasteiger partial charge in [-0.25, -0.2) is 0 Å². The van der Waals surface area contributed by atoms with E-state index in [1.54, 1.807) is 11.3 Å². The van der Waals surface area contributed by atoms with Crippen LogP contribution >= 0.6 is 38.9 Å². The van der Waals surface area contributed by atoms with Crippen molar-refractivity contribution >= 4 is 50.5 Å². The Morgan fingerprint density at radius 1 is 1.38 bits per heavy atom. The van der Waals surface area contributed by atoms with Gasteiger partial charge in [0, 0.05) is 33.7 Å². The third-order valence-electron chi connectivity index (χ3n) is 2.98. The van der Waals surface area contributed by atoms with Gasteiger partial charge in [-0.3, -0.25) is 4.79 Å². The highest BCUT2D eigenvalue weighted by Gasteiger charge is 2.08. The molecule has 112 valence electrons. The normalized spacial score (nSPS) is 10.5. The second-order valence-corrected chi connectivity index (χ2v) is 7.17. The molecule has 0 saturated carbocycles. The van der Waals surface area contributed by atoms with Crippen LogP contribution in [0, 0.1) is 6.92 Å². The van der Waals surface area contributed by atoms with Gasteiger partial charge in [0.05, 0.1) is 0 Å². The van der Waals surface area contributed by atoms with Crippen molar-refractivity contribution in [3.8, 4) is 0 Å². The zero-order valence-corrected chi connectivity index (χ0v) is 15.0. The molecular formula is C15H16BrClN2OS. The van der Waals surface area contributed by atoms with Crippen LogP contribution in [-0.4, -0.2) is 12.5 Å². The summed E-state index contributed by atoms with van der Waals surface area (Å²) in [5.74, 6) is -0.0406. The minimum absolute atomic E-state index is 0.0406. The standard InChI is InChI=1S/C15H16BrClN2OS/c1-3-18-15(20)10-4-5-13(9(2)6-10)19-8-11-7-12(16)14(17)21-11/h4-7,19H,3,8H2,1-2H3,(H,18,20). The van der Waals surface area contributed by atoms with Crippen LogP contribution in [0.25, 0.3) is 0 Å². The van der Waals surface area contributed by atoms with Crippen molar-refractivity contribution in [2.75, 3.05) is 11.9 Å². The summed E-state index contributed by atoms with van der Waals surface area (Å²) in [7, 11) is 0. The molecule has 6 heteroatoms. The molecule has 0 radical (unpaired) electrons. The summed E-state index contributed by atoms with van der Waals surface area (Å²) >= 11 is 11.0. The van der Waals surface area contributed by atoms with Crippen LogP contribution in [0.2, 0.25) is 4.34 Å². The van der Waals surface area contributed by atoms with Crippen molar-refractivity contribution in [2.24, 2.45) is 0 Å². The van der Waals surface area contributed by atoms with Gasteiger partial charge in [-0.05, 0) is 59.6 Å². The van der Waals surface area contributed by atoms with E-state index in [9.17, 15) is 4.79 Å². The Morgan fingerprint density at radius 3 is 2.71 bits per heavy atom. The Balaban J connectivity index is 2.05. The maximum absolute atomic E-state index is 11.8. The minimum atomic E-state index is -0.0406. The summed E-state index contributed by atoms with van der Waals surface area (Å²) in [6.45, 7) is 5.23. The topological polar surface area (TPSA) is 41.1 Å². The van der Waals surface area contributed by atoms with Crippen LogP contribution in [0.3, 0.4) is 0 Å². The fourth-order valence-electron chi connectivity index (χ4n) is 1.93. The fourth-order valence-corrected chi connectivity index (χ4v) is 3.66. The van der Waals surface area contributed by atoms with Crippen LogP contribution in [0.4, 0.5) is 5.69 Å². The zero-order valence-electron chi connectivity index (χ0n) is 11.8. The molecule has 2 rings (SSSR count). The number of halogens is 2. The molecule has 0 aliphatic carbocycles. The van der Waals surface area contributed by atoms with E-state index in [4.69, 9.17) is 11.6 Å². The molecular weight excluding hydrogens is 372 g/mol. The van der Waals surface area contributed by atoms with Gasteiger partial charge in [-0.1, -0.05) is 11.6 Å². The molecule has 3 nitrogen and oxygen atoms in total. The van der Waals surface area contributed by atoms with Gasteiger partial charge in [-0.15, -0.1) is 11.3 Å². The number of aryl methyl sites for hydroxylation is 1. The maximum Gasteiger partial charge on any atom is 0.251 e. The first kappa shape index (κ1) is 16.3. The Bertz CT molecular complexity index is 638. The lowest BCUT2D eigenvalue weighted by atomic mass is 10.1. The number of hydrogen-bond acceptors (Lipinski definition) is 3. The van der Waals surface area contributed by atoms with E-state index in [0.717, 1.165) is 24.9 Å². The van der Waals surface area contributed by atoms with E-state index < -0.39 is 0 Å². The van der Waals surface area contributed by atoms with Crippen LogP contribution in [-0.2, 0) is 6.54 Å². The highest BCUT2D eigenvalue weighted by atomic mass is 79.9. The van der Waals surface area contributed by atoms with E-state index in [0.29, 0.717) is 18.7 Å². The lowest BCUT2D eigenvalue weighted by molar-refractivity contribution is 0.0956. The van der Waals surface area contributed by atoms with Crippen LogP contribution in [0.1, 0.15) is 27.7 Å². The maximum atomic E-state index is 11.8. The molecule has 2 aromatic rings. The summed E-state index contributed by atoms with van der Waals surface area (Å²) < 4.78 is 1.68. The quantitative estimate of drug-likeness (QED) is 0.771. The molecule has 21 heavy (non-hydrogen) atoms. The van der Waals surface area contributed by atoms with Gasteiger partial charge in [0.2, 0.25) is 0 Å². The molecule has 1 amide bonds. The average molecular weight is 388 g/mol. The molecule has 2 N–H and O–H groups in total. The number of hydrogen-bond donors (Lipinski definition) is 2. The zero-order chi connectivity index (χ0) is 15.4. The summed E-state index contributed by atoms with van der Waals surface area (Å²) in [5.41, 5.74) is 2.74.